The fourth-order valence-corrected chi connectivity index (χ4v) is 2.59. The van der Waals surface area contributed by atoms with E-state index in [0.717, 1.165) is 4.90 Å². The number of halogens is 1. The number of imide groups is 1. The van der Waals surface area contributed by atoms with Gasteiger partial charge in [0.25, 0.3) is 5.91 Å². The molecule has 1 unspecified atom stereocenters. The van der Waals surface area contributed by atoms with Gasteiger partial charge in [0.15, 0.2) is 0 Å². The van der Waals surface area contributed by atoms with E-state index in [0.29, 0.717) is 23.6 Å². The Morgan fingerprint density at radius 3 is 2.79 bits per heavy atom. The van der Waals surface area contributed by atoms with E-state index in [9.17, 15) is 14.4 Å². The quantitative estimate of drug-likeness (QED) is 0.480. The van der Waals surface area contributed by atoms with Crippen LogP contribution in [0, 0.1) is 0 Å². The summed E-state index contributed by atoms with van der Waals surface area (Å²) in [6.07, 6.45) is 0.840. The molecule has 1 aromatic rings. The van der Waals surface area contributed by atoms with E-state index in [1.165, 1.54) is 0 Å². The summed E-state index contributed by atoms with van der Waals surface area (Å²) in [6.45, 7) is 0.497. The molecule has 0 bridgehead atoms. The van der Waals surface area contributed by atoms with Gasteiger partial charge in [-0.2, -0.15) is 0 Å². The fraction of sp³-hybridized carbons (Fsp3) is 0.438. The lowest BCUT2D eigenvalue weighted by atomic mass is 10.1. The number of benzene rings is 1. The third-order valence-corrected chi connectivity index (χ3v) is 4.08. The van der Waals surface area contributed by atoms with Crippen LogP contribution in [0.2, 0.25) is 5.02 Å². The first-order valence-corrected chi connectivity index (χ1v) is 8.13. The van der Waals surface area contributed by atoms with Crippen LogP contribution >= 0.6 is 11.6 Å². The molecule has 24 heavy (non-hydrogen) atoms. The Labute approximate surface area is 145 Å². The average Bonchev–Trinajstić information content (AvgIpc) is 2.83. The van der Waals surface area contributed by atoms with Gasteiger partial charge in [-0.1, -0.05) is 29.8 Å². The number of urea groups is 1. The number of hydrogen-bond donors (Lipinski definition) is 3. The maximum absolute atomic E-state index is 12.3. The van der Waals surface area contributed by atoms with Crippen LogP contribution in [0.1, 0.15) is 24.8 Å². The molecule has 2 rings (SSSR count). The van der Waals surface area contributed by atoms with E-state index < -0.39 is 12.1 Å². The predicted octanol–water partition coefficient (Wildman–Crippen LogP) is 1.04. The van der Waals surface area contributed by atoms with Crippen LogP contribution in [0.4, 0.5) is 4.79 Å². The van der Waals surface area contributed by atoms with E-state index >= 15 is 0 Å². The van der Waals surface area contributed by atoms with Crippen molar-refractivity contribution >= 4 is 29.4 Å². The number of aliphatic hydroxyl groups is 1. The van der Waals surface area contributed by atoms with Crippen LogP contribution in [0.5, 0.6) is 0 Å². The molecule has 0 aliphatic carbocycles. The Morgan fingerprint density at radius 1 is 1.33 bits per heavy atom. The number of aliphatic hydroxyl groups excluding tert-OH is 1. The van der Waals surface area contributed by atoms with Gasteiger partial charge >= 0.3 is 6.03 Å². The van der Waals surface area contributed by atoms with Crippen molar-refractivity contribution in [3.63, 3.8) is 0 Å². The summed E-state index contributed by atoms with van der Waals surface area (Å²) in [5, 5.41) is 14.4. The van der Waals surface area contributed by atoms with Crippen LogP contribution in [-0.4, -0.2) is 47.0 Å². The van der Waals surface area contributed by atoms with Crippen LogP contribution in [-0.2, 0) is 16.1 Å². The minimum absolute atomic E-state index is 0.00839. The van der Waals surface area contributed by atoms with Crippen molar-refractivity contribution in [2.24, 2.45) is 0 Å². The summed E-state index contributed by atoms with van der Waals surface area (Å²) in [5.41, 5.74) is 0.685. The zero-order valence-corrected chi connectivity index (χ0v) is 13.9. The van der Waals surface area contributed by atoms with E-state index in [1.54, 1.807) is 24.3 Å². The van der Waals surface area contributed by atoms with E-state index in [-0.39, 0.29) is 37.8 Å². The molecule has 0 spiro atoms. The van der Waals surface area contributed by atoms with Gasteiger partial charge in [-0.05, 0) is 24.5 Å². The lowest BCUT2D eigenvalue weighted by molar-refractivity contribution is -0.128. The van der Waals surface area contributed by atoms with Crippen molar-refractivity contribution in [1.29, 1.82) is 0 Å². The van der Waals surface area contributed by atoms with Gasteiger partial charge in [0.05, 0.1) is 6.54 Å². The Bertz CT molecular complexity index is 623. The lowest BCUT2D eigenvalue weighted by Crippen LogP contribution is -2.32. The largest absolute Gasteiger partial charge is 0.396 e. The minimum atomic E-state index is -0.705. The molecule has 4 amide bonds. The molecule has 7 nitrogen and oxygen atoms in total. The maximum Gasteiger partial charge on any atom is 0.325 e. The van der Waals surface area contributed by atoms with Gasteiger partial charge in [0, 0.05) is 24.6 Å². The number of carbonyl (C=O) groups is 3. The topological polar surface area (TPSA) is 98.7 Å². The standard InChI is InChI=1S/C16H20ClN3O4/c17-12-5-2-1-4-11(12)10-20-15(23)13(19-16(20)24)6-7-14(22)18-8-3-9-21/h1-2,4-5,13,21H,3,6-10H2,(H,18,22)(H,19,24). The highest BCUT2D eigenvalue weighted by molar-refractivity contribution is 6.31. The number of carbonyl (C=O) groups excluding carboxylic acids is 3. The first-order valence-electron chi connectivity index (χ1n) is 7.75. The Balaban J connectivity index is 1.87. The Morgan fingerprint density at radius 2 is 2.08 bits per heavy atom. The number of hydrogen-bond acceptors (Lipinski definition) is 4. The highest BCUT2D eigenvalue weighted by Gasteiger charge is 2.37. The molecule has 1 fully saturated rings. The minimum Gasteiger partial charge on any atom is -0.396 e. The third-order valence-electron chi connectivity index (χ3n) is 3.71. The van der Waals surface area contributed by atoms with Crippen LogP contribution in [0.3, 0.4) is 0 Å². The zero-order chi connectivity index (χ0) is 17.5. The lowest BCUT2D eigenvalue weighted by Gasteiger charge is -2.14. The molecule has 3 N–H and O–H groups in total. The van der Waals surface area contributed by atoms with Crippen LogP contribution in [0.15, 0.2) is 24.3 Å². The molecule has 0 radical (unpaired) electrons. The summed E-state index contributed by atoms with van der Waals surface area (Å²) in [5.74, 6) is -0.571. The molecule has 1 saturated heterocycles. The second-order valence-electron chi connectivity index (χ2n) is 5.48. The first kappa shape index (κ1) is 18.2. The number of rotatable bonds is 8. The molecule has 1 aromatic carbocycles. The summed E-state index contributed by atoms with van der Waals surface area (Å²) < 4.78 is 0. The van der Waals surface area contributed by atoms with Gasteiger partial charge in [0.2, 0.25) is 5.91 Å². The molecule has 1 heterocycles. The van der Waals surface area contributed by atoms with Crippen molar-refractivity contribution < 1.29 is 19.5 Å². The average molecular weight is 354 g/mol. The molecule has 0 aromatic heterocycles. The summed E-state index contributed by atoms with van der Waals surface area (Å²) in [4.78, 5) is 37.1. The van der Waals surface area contributed by atoms with Gasteiger partial charge in [0.1, 0.15) is 6.04 Å². The summed E-state index contributed by atoms with van der Waals surface area (Å²) in [7, 11) is 0. The molecular formula is C16H20ClN3O4. The second-order valence-corrected chi connectivity index (χ2v) is 5.89. The summed E-state index contributed by atoms with van der Waals surface area (Å²) in [6, 6.07) is 5.83. The first-order chi connectivity index (χ1) is 11.5. The highest BCUT2D eigenvalue weighted by atomic mass is 35.5. The van der Waals surface area contributed by atoms with Crippen molar-refractivity contribution in [2.75, 3.05) is 13.2 Å². The number of nitrogens with zero attached hydrogens (tertiary/aromatic N) is 1. The van der Waals surface area contributed by atoms with Crippen molar-refractivity contribution in [1.82, 2.24) is 15.5 Å². The van der Waals surface area contributed by atoms with Crippen molar-refractivity contribution in [3.8, 4) is 0 Å². The predicted molar refractivity (Wildman–Crippen MR) is 88.3 cm³/mol. The van der Waals surface area contributed by atoms with Gasteiger partial charge < -0.3 is 15.7 Å². The summed E-state index contributed by atoms with van der Waals surface area (Å²) >= 11 is 6.06. The number of nitrogens with one attached hydrogen (secondary N) is 2. The molecular weight excluding hydrogens is 334 g/mol. The third kappa shape index (κ3) is 4.69. The van der Waals surface area contributed by atoms with Gasteiger partial charge in [-0.25, -0.2) is 4.79 Å². The molecule has 0 saturated carbocycles. The molecule has 130 valence electrons. The van der Waals surface area contributed by atoms with Gasteiger partial charge in [-0.3, -0.25) is 14.5 Å². The van der Waals surface area contributed by atoms with E-state index in [4.69, 9.17) is 16.7 Å². The molecule has 8 heteroatoms. The molecule has 1 atom stereocenters. The Hall–Kier alpha value is -2.12. The maximum atomic E-state index is 12.3. The zero-order valence-electron chi connectivity index (χ0n) is 13.1. The van der Waals surface area contributed by atoms with Gasteiger partial charge in [-0.15, -0.1) is 0 Å². The number of amides is 4. The van der Waals surface area contributed by atoms with E-state index in [1.807, 2.05) is 0 Å². The van der Waals surface area contributed by atoms with Crippen molar-refractivity contribution in [3.05, 3.63) is 34.9 Å². The normalized spacial score (nSPS) is 17.1. The molecule has 1 aliphatic heterocycles. The Kier molecular flexibility index (Phi) is 6.57. The smallest absolute Gasteiger partial charge is 0.325 e. The van der Waals surface area contributed by atoms with Crippen molar-refractivity contribution in [2.45, 2.75) is 31.8 Å². The highest BCUT2D eigenvalue weighted by Crippen LogP contribution is 2.20. The SMILES string of the molecule is O=C(CCC1NC(=O)N(Cc2ccccc2Cl)C1=O)NCCCO. The van der Waals surface area contributed by atoms with Crippen LogP contribution in [0.25, 0.3) is 0 Å². The monoisotopic (exact) mass is 353 g/mol. The van der Waals surface area contributed by atoms with E-state index in [2.05, 4.69) is 10.6 Å². The fourth-order valence-electron chi connectivity index (χ4n) is 2.39. The molecule has 1 aliphatic rings. The van der Waals surface area contributed by atoms with Crippen LogP contribution < -0.4 is 10.6 Å². The second kappa shape index (κ2) is 8.65.